The fourth-order valence-electron chi connectivity index (χ4n) is 1.44. The molecule has 0 heterocycles. The molecule has 1 amide bonds. The minimum atomic E-state index is -0.916. The van der Waals surface area contributed by atoms with Crippen LogP contribution in [0, 0.1) is 10.1 Å². The Morgan fingerprint density at radius 2 is 1.88 bits per heavy atom. The highest BCUT2D eigenvalue weighted by Gasteiger charge is 2.14. The minimum Gasteiger partial charge on any atom is -0.463 e. The standard InChI is InChI=1S/C14H13ClN2O7/c1-2-23-13(19)5-6-14(20)24-8-12(18)16-9-3-4-10(15)11(7-9)17(21)22/h3-7H,2,8H2,1H3,(H,16,18). The summed E-state index contributed by atoms with van der Waals surface area (Å²) in [5.74, 6) is -2.35. The van der Waals surface area contributed by atoms with Crippen LogP contribution in [0.15, 0.2) is 30.4 Å². The van der Waals surface area contributed by atoms with Gasteiger partial charge in [-0.3, -0.25) is 14.9 Å². The van der Waals surface area contributed by atoms with Crippen molar-refractivity contribution in [2.45, 2.75) is 6.92 Å². The normalized spacial score (nSPS) is 10.2. The number of rotatable bonds is 7. The first-order valence-corrected chi connectivity index (χ1v) is 6.96. The summed E-state index contributed by atoms with van der Waals surface area (Å²) in [6.45, 7) is 1.13. The third kappa shape index (κ3) is 6.44. The average molecular weight is 357 g/mol. The minimum absolute atomic E-state index is 0.0754. The van der Waals surface area contributed by atoms with E-state index in [9.17, 15) is 24.5 Å². The van der Waals surface area contributed by atoms with Crippen LogP contribution in [0.4, 0.5) is 11.4 Å². The third-order valence-corrected chi connectivity index (χ3v) is 2.73. The predicted molar refractivity (Wildman–Crippen MR) is 83.5 cm³/mol. The molecule has 0 aliphatic carbocycles. The molecule has 24 heavy (non-hydrogen) atoms. The molecule has 0 aliphatic heterocycles. The Bertz CT molecular complexity index is 688. The summed E-state index contributed by atoms with van der Waals surface area (Å²) >= 11 is 5.64. The molecule has 0 fully saturated rings. The van der Waals surface area contributed by atoms with Crippen molar-refractivity contribution in [3.8, 4) is 0 Å². The molecule has 0 aliphatic rings. The van der Waals surface area contributed by atoms with Crippen molar-refractivity contribution < 1.29 is 28.8 Å². The van der Waals surface area contributed by atoms with E-state index in [1.54, 1.807) is 6.92 Å². The van der Waals surface area contributed by atoms with Gasteiger partial charge in [-0.1, -0.05) is 11.6 Å². The smallest absolute Gasteiger partial charge is 0.331 e. The number of nitro benzene ring substituents is 1. The number of hydrogen-bond donors (Lipinski definition) is 1. The van der Waals surface area contributed by atoms with E-state index in [1.807, 2.05) is 0 Å². The number of halogens is 1. The second kappa shape index (κ2) is 9.26. The highest BCUT2D eigenvalue weighted by Crippen LogP contribution is 2.27. The Kier molecular flexibility index (Phi) is 7.37. The van der Waals surface area contributed by atoms with E-state index in [0.29, 0.717) is 0 Å². The number of carbonyl (C=O) groups excluding carboxylic acids is 3. The van der Waals surface area contributed by atoms with Crippen molar-refractivity contribution in [3.63, 3.8) is 0 Å². The highest BCUT2D eigenvalue weighted by atomic mass is 35.5. The molecule has 0 bridgehead atoms. The lowest BCUT2D eigenvalue weighted by Gasteiger charge is -2.06. The maximum atomic E-state index is 11.6. The summed E-state index contributed by atoms with van der Waals surface area (Å²) in [5.41, 5.74) is -0.252. The first kappa shape index (κ1) is 19.1. The van der Waals surface area contributed by atoms with E-state index in [0.717, 1.165) is 18.2 Å². The molecular formula is C14H13ClN2O7. The van der Waals surface area contributed by atoms with Gasteiger partial charge in [-0.05, 0) is 19.1 Å². The number of nitrogens with zero attached hydrogens (tertiary/aromatic N) is 1. The maximum Gasteiger partial charge on any atom is 0.331 e. The van der Waals surface area contributed by atoms with Gasteiger partial charge in [-0.15, -0.1) is 0 Å². The van der Waals surface area contributed by atoms with E-state index in [2.05, 4.69) is 14.8 Å². The van der Waals surface area contributed by atoms with Crippen molar-refractivity contribution in [2.24, 2.45) is 0 Å². The van der Waals surface area contributed by atoms with Gasteiger partial charge in [0.2, 0.25) is 0 Å². The van der Waals surface area contributed by atoms with Crippen LogP contribution in [0.25, 0.3) is 0 Å². The molecule has 9 nitrogen and oxygen atoms in total. The van der Waals surface area contributed by atoms with Gasteiger partial charge < -0.3 is 14.8 Å². The zero-order chi connectivity index (χ0) is 18.1. The van der Waals surface area contributed by atoms with Gasteiger partial charge in [0.25, 0.3) is 11.6 Å². The van der Waals surface area contributed by atoms with E-state index in [1.165, 1.54) is 12.1 Å². The molecule has 1 aromatic carbocycles. The Hall–Kier alpha value is -2.94. The molecule has 1 N–H and O–H groups in total. The van der Waals surface area contributed by atoms with Crippen molar-refractivity contribution in [1.29, 1.82) is 0 Å². The zero-order valence-corrected chi connectivity index (χ0v) is 13.2. The summed E-state index contributed by atoms with van der Waals surface area (Å²) in [4.78, 5) is 43.9. The summed E-state index contributed by atoms with van der Waals surface area (Å²) in [6, 6.07) is 3.68. The van der Waals surface area contributed by atoms with Crippen molar-refractivity contribution in [3.05, 3.63) is 45.5 Å². The van der Waals surface area contributed by atoms with E-state index < -0.39 is 29.4 Å². The number of carbonyl (C=O) groups is 3. The van der Waals surface area contributed by atoms with Crippen LogP contribution >= 0.6 is 11.6 Å². The average Bonchev–Trinajstić information content (AvgIpc) is 2.52. The largest absolute Gasteiger partial charge is 0.463 e. The summed E-state index contributed by atoms with van der Waals surface area (Å²) in [5, 5.41) is 13.0. The second-order valence-electron chi connectivity index (χ2n) is 4.16. The second-order valence-corrected chi connectivity index (χ2v) is 4.57. The molecule has 10 heteroatoms. The van der Waals surface area contributed by atoms with E-state index >= 15 is 0 Å². The molecule has 1 aromatic rings. The topological polar surface area (TPSA) is 125 Å². The van der Waals surface area contributed by atoms with Gasteiger partial charge in [0, 0.05) is 23.9 Å². The Labute approximate surface area is 141 Å². The highest BCUT2D eigenvalue weighted by molar-refractivity contribution is 6.32. The summed E-state index contributed by atoms with van der Waals surface area (Å²) in [6.07, 6.45) is 1.69. The van der Waals surface area contributed by atoms with Gasteiger partial charge in [0.15, 0.2) is 6.61 Å². The number of anilines is 1. The Balaban J connectivity index is 2.52. The van der Waals surface area contributed by atoms with Crippen LogP contribution in [0.1, 0.15) is 6.92 Å². The van der Waals surface area contributed by atoms with Crippen molar-refractivity contribution in [1.82, 2.24) is 0 Å². The fraction of sp³-hybridized carbons (Fsp3) is 0.214. The maximum absolute atomic E-state index is 11.6. The predicted octanol–water partition coefficient (Wildman–Crippen LogP) is 1.85. The van der Waals surface area contributed by atoms with Gasteiger partial charge in [-0.25, -0.2) is 9.59 Å². The number of amides is 1. The lowest BCUT2D eigenvalue weighted by atomic mass is 10.3. The number of ether oxygens (including phenoxy) is 2. The van der Waals surface area contributed by atoms with E-state index in [4.69, 9.17) is 11.6 Å². The molecule has 0 spiro atoms. The Morgan fingerprint density at radius 3 is 2.46 bits per heavy atom. The van der Waals surface area contributed by atoms with Crippen LogP contribution in [-0.4, -0.2) is 36.0 Å². The molecule has 0 unspecified atom stereocenters. The fourth-order valence-corrected chi connectivity index (χ4v) is 1.63. The van der Waals surface area contributed by atoms with Crippen molar-refractivity contribution >= 4 is 40.8 Å². The van der Waals surface area contributed by atoms with Gasteiger partial charge in [-0.2, -0.15) is 0 Å². The number of nitrogens with one attached hydrogen (secondary N) is 1. The third-order valence-electron chi connectivity index (χ3n) is 2.41. The van der Waals surface area contributed by atoms with Crippen molar-refractivity contribution in [2.75, 3.05) is 18.5 Å². The number of hydrogen-bond acceptors (Lipinski definition) is 7. The van der Waals surface area contributed by atoms with Gasteiger partial charge in [0.05, 0.1) is 11.5 Å². The summed E-state index contributed by atoms with van der Waals surface area (Å²) in [7, 11) is 0. The lowest BCUT2D eigenvalue weighted by Crippen LogP contribution is -2.20. The van der Waals surface area contributed by atoms with Gasteiger partial charge in [0.1, 0.15) is 5.02 Å². The SMILES string of the molecule is CCOC(=O)C=CC(=O)OCC(=O)Nc1ccc(Cl)c([N+](=O)[O-])c1. The van der Waals surface area contributed by atoms with Crippen LogP contribution in [0.5, 0.6) is 0 Å². The molecule has 0 saturated carbocycles. The molecule has 0 radical (unpaired) electrons. The van der Waals surface area contributed by atoms with Crippen LogP contribution in [0.3, 0.4) is 0 Å². The zero-order valence-electron chi connectivity index (χ0n) is 12.5. The number of esters is 2. The van der Waals surface area contributed by atoms with Crippen LogP contribution in [-0.2, 0) is 23.9 Å². The number of nitro groups is 1. The van der Waals surface area contributed by atoms with E-state index in [-0.39, 0.29) is 23.0 Å². The van der Waals surface area contributed by atoms with Crippen LogP contribution in [0.2, 0.25) is 5.02 Å². The lowest BCUT2D eigenvalue weighted by molar-refractivity contribution is -0.384. The van der Waals surface area contributed by atoms with Gasteiger partial charge >= 0.3 is 11.9 Å². The van der Waals surface area contributed by atoms with Crippen LogP contribution < -0.4 is 5.32 Å². The molecule has 1 rings (SSSR count). The molecule has 0 saturated heterocycles. The molecule has 0 aromatic heterocycles. The quantitative estimate of drug-likeness (QED) is 0.342. The first-order valence-electron chi connectivity index (χ1n) is 6.59. The summed E-state index contributed by atoms with van der Waals surface area (Å²) < 4.78 is 9.16. The molecular weight excluding hydrogens is 344 g/mol. The number of benzene rings is 1. The molecule has 0 atom stereocenters. The molecule has 128 valence electrons. The first-order chi connectivity index (χ1) is 11.3. The Morgan fingerprint density at radius 1 is 1.25 bits per heavy atom. The monoisotopic (exact) mass is 356 g/mol.